The van der Waals surface area contributed by atoms with E-state index in [0.29, 0.717) is 11.3 Å². The van der Waals surface area contributed by atoms with Crippen LogP contribution in [0.1, 0.15) is 9.81 Å². The lowest BCUT2D eigenvalue weighted by atomic mass is 10.1. The number of pyridine rings is 2. The van der Waals surface area contributed by atoms with Crippen molar-refractivity contribution in [2.24, 2.45) is 0 Å². The lowest BCUT2D eigenvalue weighted by Crippen LogP contribution is -1.81. The van der Waals surface area contributed by atoms with Crippen LogP contribution in [0.15, 0.2) is 59.1 Å². The number of fused-ring (bicyclic) bond motifs is 3. The topological polar surface area (TPSA) is 38.9 Å². The van der Waals surface area contributed by atoms with Gasteiger partial charge in [0, 0.05) is 32.3 Å². The zero-order valence-electron chi connectivity index (χ0n) is 13.5. The Morgan fingerprint density at radius 3 is 2.90 bits per heavy atom. The molecular formula is C17H12N2O. The third-order valence-electron chi connectivity index (χ3n) is 3.30. The van der Waals surface area contributed by atoms with Gasteiger partial charge >= 0.3 is 0 Å². The molecule has 0 radical (unpaired) electrons. The number of hydrogen-bond acceptors (Lipinski definition) is 3. The minimum Gasteiger partial charge on any atom is -0.438 e. The van der Waals surface area contributed by atoms with E-state index in [1.165, 1.54) is 6.07 Å². The molecule has 4 rings (SSSR count). The summed E-state index contributed by atoms with van der Waals surface area (Å²) < 4.78 is 28.0. The highest BCUT2D eigenvalue weighted by Crippen LogP contribution is 2.30. The fraction of sp³-hybridized carbons (Fsp3) is 0.0588. The number of rotatable bonds is 1. The van der Waals surface area contributed by atoms with Crippen molar-refractivity contribution < 1.29 is 8.53 Å². The number of aryl methyl sites for hydroxylation is 1. The summed E-state index contributed by atoms with van der Waals surface area (Å²) in [6.45, 7) is -2.24. The second kappa shape index (κ2) is 4.17. The molecule has 1 aromatic carbocycles. The van der Waals surface area contributed by atoms with Crippen LogP contribution in [0.3, 0.4) is 0 Å². The molecule has 0 atom stereocenters. The molecule has 0 aliphatic heterocycles. The van der Waals surface area contributed by atoms with Crippen molar-refractivity contribution in [3.05, 3.63) is 60.4 Å². The van der Waals surface area contributed by atoms with Gasteiger partial charge in [-0.3, -0.25) is 4.98 Å². The standard InChI is InChI=1S/C17H12N2O/c1-11-5-7-13-14-10-12(15-4-2-3-9-18-15)6-8-16(14)20-17(13)19-11/h2-10H,1H3/i1D3. The van der Waals surface area contributed by atoms with Gasteiger partial charge < -0.3 is 4.42 Å². The Balaban J connectivity index is 1.93. The molecule has 20 heavy (non-hydrogen) atoms. The zero-order valence-corrected chi connectivity index (χ0v) is 10.5. The molecule has 3 aromatic heterocycles. The Bertz CT molecular complexity index is 1010. The van der Waals surface area contributed by atoms with Crippen LogP contribution in [0.4, 0.5) is 0 Å². The lowest BCUT2D eigenvalue weighted by Gasteiger charge is -1.99. The summed E-state index contributed by atoms with van der Waals surface area (Å²) >= 11 is 0. The number of hydrogen-bond donors (Lipinski definition) is 0. The van der Waals surface area contributed by atoms with Crippen LogP contribution in [0, 0.1) is 6.85 Å². The number of aromatic nitrogens is 2. The van der Waals surface area contributed by atoms with Gasteiger partial charge in [0.15, 0.2) is 0 Å². The van der Waals surface area contributed by atoms with E-state index in [9.17, 15) is 0 Å². The molecule has 0 unspecified atom stereocenters. The van der Waals surface area contributed by atoms with Crippen molar-refractivity contribution in [3.8, 4) is 11.3 Å². The first kappa shape index (κ1) is 8.48. The Labute approximate surface area is 120 Å². The van der Waals surface area contributed by atoms with E-state index in [4.69, 9.17) is 8.53 Å². The van der Waals surface area contributed by atoms with E-state index in [1.807, 2.05) is 36.4 Å². The third-order valence-corrected chi connectivity index (χ3v) is 3.30. The van der Waals surface area contributed by atoms with Crippen LogP contribution in [0.2, 0.25) is 0 Å². The Morgan fingerprint density at radius 1 is 1.05 bits per heavy atom. The summed E-state index contributed by atoms with van der Waals surface area (Å²) in [6.07, 6.45) is 1.75. The molecule has 0 aliphatic rings. The van der Waals surface area contributed by atoms with E-state index < -0.39 is 6.85 Å². The van der Waals surface area contributed by atoms with Gasteiger partial charge in [-0.1, -0.05) is 6.07 Å². The minimum atomic E-state index is -2.24. The van der Waals surface area contributed by atoms with Crippen molar-refractivity contribution in [3.63, 3.8) is 0 Å². The van der Waals surface area contributed by atoms with Crippen LogP contribution in [0.25, 0.3) is 33.3 Å². The predicted octanol–water partition coefficient (Wildman–Crippen LogP) is 4.35. The molecule has 4 aromatic rings. The maximum absolute atomic E-state index is 7.45. The van der Waals surface area contributed by atoms with E-state index in [2.05, 4.69) is 9.97 Å². The molecule has 3 heterocycles. The van der Waals surface area contributed by atoms with Gasteiger partial charge in [0.2, 0.25) is 5.71 Å². The van der Waals surface area contributed by atoms with Crippen molar-refractivity contribution in [2.75, 3.05) is 0 Å². The largest absolute Gasteiger partial charge is 0.438 e. The smallest absolute Gasteiger partial charge is 0.227 e. The lowest BCUT2D eigenvalue weighted by molar-refractivity contribution is 0.652. The average molecular weight is 263 g/mol. The SMILES string of the molecule is [2H]C([2H])([2H])c1ccc2c(n1)oc1ccc(-c3ccccn3)cc12. The molecular weight excluding hydrogens is 248 g/mol. The first-order valence-electron chi connectivity index (χ1n) is 7.77. The average Bonchev–Trinajstić information content (AvgIpc) is 2.91. The van der Waals surface area contributed by atoms with Crippen LogP contribution in [0.5, 0.6) is 0 Å². The fourth-order valence-electron chi connectivity index (χ4n) is 2.35. The quantitative estimate of drug-likeness (QED) is 0.512. The Kier molecular flexibility index (Phi) is 1.77. The van der Waals surface area contributed by atoms with Crippen LogP contribution in [-0.4, -0.2) is 9.97 Å². The van der Waals surface area contributed by atoms with Crippen LogP contribution >= 0.6 is 0 Å². The van der Waals surface area contributed by atoms with Crippen molar-refractivity contribution in [2.45, 2.75) is 6.85 Å². The second-order valence-corrected chi connectivity index (χ2v) is 4.58. The Hall–Kier alpha value is -2.68. The van der Waals surface area contributed by atoms with Crippen molar-refractivity contribution in [1.82, 2.24) is 9.97 Å². The highest BCUT2D eigenvalue weighted by atomic mass is 16.3. The summed E-state index contributed by atoms with van der Waals surface area (Å²) in [5.41, 5.74) is 2.90. The number of benzene rings is 1. The van der Waals surface area contributed by atoms with E-state index in [1.54, 1.807) is 12.3 Å². The molecule has 3 nitrogen and oxygen atoms in total. The maximum atomic E-state index is 7.45. The molecule has 0 N–H and O–H groups in total. The van der Waals surface area contributed by atoms with E-state index in [0.717, 1.165) is 22.0 Å². The molecule has 0 aliphatic carbocycles. The van der Waals surface area contributed by atoms with Gasteiger partial charge in [-0.15, -0.1) is 0 Å². The molecule has 0 fully saturated rings. The normalized spacial score (nSPS) is 14.1. The van der Waals surface area contributed by atoms with Crippen LogP contribution < -0.4 is 0 Å². The third kappa shape index (κ3) is 1.67. The molecule has 0 spiro atoms. The molecule has 0 saturated carbocycles. The van der Waals surface area contributed by atoms with Gasteiger partial charge in [0.1, 0.15) is 5.58 Å². The minimum absolute atomic E-state index is 0.0361. The van der Waals surface area contributed by atoms with Gasteiger partial charge in [-0.2, -0.15) is 0 Å². The Morgan fingerprint density at radius 2 is 2.05 bits per heavy atom. The first-order chi connectivity index (χ1) is 11.0. The van der Waals surface area contributed by atoms with Crippen LogP contribution in [-0.2, 0) is 0 Å². The molecule has 0 bridgehead atoms. The van der Waals surface area contributed by atoms with Gasteiger partial charge in [-0.05, 0) is 49.3 Å². The number of furan rings is 1. The molecule has 0 amide bonds. The van der Waals surface area contributed by atoms with Gasteiger partial charge in [0.25, 0.3) is 0 Å². The summed E-state index contributed by atoms with van der Waals surface area (Å²) in [7, 11) is 0. The van der Waals surface area contributed by atoms with Crippen molar-refractivity contribution in [1.29, 1.82) is 0 Å². The molecule has 3 heteroatoms. The molecule has 96 valence electrons. The monoisotopic (exact) mass is 263 g/mol. The maximum Gasteiger partial charge on any atom is 0.227 e. The fourth-order valence-corrected chi connectivity index (χ4v) is 2.35. The molecule has 0 saturated heterocycles. The summed E-state index contributed by atoms with van der Waals surface area (Å²) in [4.78, 5) is 8.49. The highest BCUT2D eigenvalue weighted by Gasteiger charge is 2.09. The first-order valence-corrected chi connectivity index (χ1v) is 6.27. The summed E-state index contributed by atoms with van der Waals surface area (Å²) in [6, 6.07) is 14.8. The van der Waals surface area contributed by atoms with E-state index >= 15 is 0 Å². The highest BCUT2D eigenvalue weighted by molar-refractivity contribution is 6.04. The van der Waals surface area contributed by atoms with Gasteiger partial charge in [-0.25, -0.2) is 4.98 Å². The second-order valence-electron chi connectivity index (χ2n) is 4.58. The van der Waals surface area contributed by atoms with Crippen molar-refractivity contribution >= 4 is 22.1 Å². The predicted molar refractivity (Wildman–Crippen MR) is 79.5 cm³/mol. The summed E-state index contributed by atoms with van der Waals surface area (Å²) in [5, 5.41) is 1.69. The summed E-state index contributed by atoms with van der Waals surface area (Å²) in [5.74, 6) is 0. The van der Waals surface area contributed by atoms with E-state index in [-0.39, 0.29) is 5.69 Å². The van der Waals surface area contributed by atoms with Gasteiger partial charge in [0.05, 0.1) is 5.69 Å². The zero-order chi connectivity index (χ0) is 16.0. The number of nitrogens with zero attached hydrogens (tertiary/aromatic N) is 2.